The van der Waals surface area contributed by atoms with Gasteiger partial charge in [-0.1, -0.05) is 42.0 Å². The molecule has 176 valence electrons. The van der Waals surface area contributed by atoms with E-state index in [1.165, 1.54) is 0 Å². The Morgan fingerprint density at radius 2 is 1.55 bits per heavy atom. The molecule has 6 nitrogen and oxygen atoms in total. The number of benzene rings is 2. The van der Waals surface area contributed by atoms with Gasteiger partial charge in [0.1, 0.15) is 5.75 Å². The first-order valence-corrected chi connectivity index (χ1v) is 11.6. The van der Waals surface area contributed by atoms with Gasteiger partial charge in [-0.15, -0.1) is 0 Å². The highest BCUT2D eigenvalue weighted by molar-refractivity contribution is 5.98. The van der Waals surface area contributed by atoms with Crippen molar-refractivity contribution in [1.29, 1.82) is 0 Å². The molecule has 0 aromatic heterocycles. The standard InChI is InChI=1S/C27H34N2O4/c1-18-5-9-22(10-6-18)24(30)11-12-26(32)29-15-13-23(14-16-29)28-25(31)17-33-27-20(3)8-7-19(2)21(27)4/h5-10,23H,11-17H2,1-4H3,(H,28,31). The van der Waals surface area contributed by atoms with Gasteiger partial charge in [0.15, 0.2) is 12.4 Å². The molecule has 1 aliphatic rings. The molecule has 0 bridgehead atoms. The average molecular weight is 451 g/mol. The minimum atomic E-state index is -0.149. The molecule has 0 atom stereocenters. The highest BCUT2D eigenvalue weighted by atomic mass is 16.5. The van der Waals surface area contributed by atoms with Gasteiger partial charge in [0.05, 0.1) is 0 Å². The predicted octanol–water partition coefficient (Wildman–Crippen LogP) is 4.07. The van der Waals surface area contributed by atoms with E-state index in [9.17, 15) is 14.4 Å². The molecule has 6 heteroatoms. The molecule has 2 aromatic rings. The summed E-state index contributed by atoms with van der Waals surface area (Å²) in [6.45, 7) is 9.11. The van der Waals surface area contributed by atoms with Crippen molar-refractivity contribution in [2.75, 3.05) is 19.7 Å². The zero-order chi connectivity index (χ0) is 24.0. The van der Waals surface area contributed by atoms with E-state index in [4.69, 9.17) is 4.74 Å². The van der Waals surface area contributed by atoms with Gasteiger partial charge in [-0.3, -0.25) is 14.4 Å². The fourth-order valence-corrected chi connectivity index (χ4v) is 4.09. The minimum Gasteiger partial charge on any atom is -0.483 e. The smallest absolute Gasteiger partial charge is 0.258 e. The van der Waals surface area contributed by atoms with Gasteiger partial charge in [-0.2, -0.15) is 0 Å². The van der Waals surface area contributed by atoms with Crippen LogP contribution in [0.1, 0.15) is 58.3 Å². The van der Waals surface area contributed by atoms with Crippen molar-refractivity contribution in [3.05, 3.63) is 64.2 Å². The van der Waals surface area contributed by atoms with Crippen LogP contribution < -0.4 is 10.1 Å². The number of Topliss-reactive ketones (excluding diaryl/α,β-unsaturated/α-hetero) is 1. The molecule has 0 aliphatic carbocycles. The molecule has 1 saturated heterocycles. The zero-order valence-electron chi connectivity index (χ0n) is 20.1. The number of likely N-dealkylation sites (tertiary alicyclic amines) is 1. The van der Waals surface area contributed by atoms with Crippen molar-refractivity contribution in [3.8, 4) is 5.75 Å². The Hall–Kier alpha value is -3.15. The summed E-state index contributed by atoms with van der Waals surface area (Å²) >= 11 is 0. The maximum Gasteiger partial charge on any atom is 0.258 e. The summed E-state index contributed by atoms with van der Waals surface area (Å²) in [6.07, 6.45) is 1.83. The van der Waals surface area contributed by atoms with E-state index in [2.05, 4.69) is 5.32 Å². The first-order valence-electron chi connectivity index (χ1n) is 11.6. The van der Waals surface area contributed by atoms with E-state index in [-0.39, 0.29) is 43.1 Å². The quantitative estimate of drug-likeness (QED) is 0.615. The van der Waals surface area contributed by atoms with E-state index < -0.39 is 0 Å². The second-order valence-electron chi connectivity index (χ2n) is 8.95. The van der Waals surface area contributed by atoms with E-state index in [0.717, 1.165) is 28.0 Å². The van der Waals surface area contributed by atoms with Gasteiger partial charge < -0.3 is 15.0 Å². The molecule has 3 rings (SSSR count). The molecule has 33 heavy (non-hydrogen) atoms. The van der Waals surface area contributed by atoms with E-state index in [1.807, 2.05) is 64.1 Å². The Bertz CT molecular complexity index is 1010. The number of carbonyl (C=O) groups is 3. The summed E-state index contributed by atoms with van der Waals surface area (Å²) in [5.74, 6) is 0.605. The summed E-state index contributed by atoms with van der Waals surface area (Å²) in [7, 11) is 0. The number of nitrogens with zero attached hydrogens (tertiary/aromatic N) is 1. The molecule has 1 N–H and O–H groups in total. The number of ether oxygens (including phenoxy) is 1. The van der Waals surface area contributed by atoms with Crippen LogP contribution in [0.4, 0.5) is 0 Å². The van der Waals surface area contributed by atoms with Crippen LogP contribution in [0.15, 0.2) is 36.4 Å². The number of piperidine rings is 1. The number of hydrogen-bond donors (Lipinski definition) is 1. The molecule has 1 aliphatic heterocycles. The van der Waals surface area contributed by atoms with Crippen LogP contribution >= 0.6 is 0 Å². The zero-order valence-corrected chi connectivity index (χ0v) is 20.1. The molecule has 0 radical (unpaired) electrons. The van der Waals surface area contributed by atoms with Crippen LogP contribution in [0.3, 0.4) is 0 Å². The summed E-state index contributed by atoms with van der Waals surface area (Å²) in [5, 5.41) is 3.02. The van der Waals surface area contributed by atoms with Crippen molar-refractivity contribution < 1.29 is 19.1 Å². The van der Waals surface area contributed by atoms with Crippen LogP contribution in [-0.2, 0) is 9.59 Å². The van der Waals surface area contributed by atoms with Crippen molar-refractivity contribution in [2.45, 2.75) is 59.4 Å². The molecule has 0 saturated carbocycles. The van der Waals surface area contributed by atoms with Gasteiger partial charge in [-0.25, -0.2) is 0 Å². The third kappa shape index (κ3) is 6.67. The monoisotopic (exact) mass is 450 g/mol. The Kier molecular flexibility index (Phi) is 8.26. The number of rotatable bonds is 8. The number of aryl methyl sites for hydroxylation is 3. The second kappa shape index (κ2) is 11.1. The fraction of sp³-hybridized carbons (Fsp3) is 0.444. The molecular formula is C27H34N2O4. The minimum absolute atomic E-state index is 0.00558. The first-order chi connectivity index (χ1) is 15.7. The van der Waals surface area contributed by atoms with Gasteiger partial charge in [0.25, 0.3) is 5.91 Å². The fourth-order valence-electron chi connectivity index (χ4n) is 4.09. The average Bonchev–Trinajstić information content (AvgIpc) is 2.80. The Labute approximate surface area is 196 Å². The highest BCUT2D eigenvalue weighted by Crippen LogP contribution is 2.25. The number of carbonyl (C=O) groups excluding carboxylic acids is 3. The first kappa shape index (κ1) is 24.5. The molecule has 2 amide bonds. The topological polar surface area (TPSA) is 75.7 Å². The molecule has 2 aromatic carbocycles. The summed E-state index contributed by atoms with van der Waals surface area (Å²) in [4.78, 5) is 39.0. The number of nitrogens with one attached hydrogen (secondary N) is 1. The lowest BCUT2D eigenvalue weighted by Crippen LogP contribution is -2.47. The molecular weight excluding hydrogens is 416 g/mol. The molecule has 0 spiro atoms. The molecule has 1 heterocycles. The SMILES string of the molecule is Cc1ccc(C(=O)CCC(=O)N2CCC(NC(=O)COc3c(C)ccc(C)c3C)CC2)cc1. The maximum atomic E-state index is 12.5. The van der Waals surface area contributed by atoms with Crippen LogP contribution in [0.5, 0.6) is 5.75 Å². The Morgan fingerprint density at radius 1 is 0.909 bits per heavy atom. The van der Waals surface area contributed by atoms with Crippen molar-refractivity contribution in [2.24, 2.45) is 0 Å². The van der Waals surface area contributed by atoms with E-state index in [1.54, 1.807) is 4.90 Å². The maximum absolute atomic E-state index is 12.5. The van der Waals surface area contributed by atoms with Crippen molar-refractivity contribution in [3.63, 3.8) is 0 Å². The largest absolute Gasteiger partial charge is 0.483 e. The van der Waals surface area contributed by atoms with Gasteiger partial charge in [0.2, 0.25) is 5.91 Å². The molecule has 0 unspecified atom stereocenters. The van der Waals surface area contributed by atoms with Crippen molar-refractivity contribution in [1.82, 2.24) is 10.2 Å². The normalized spacial score (nSPS) is 14.1. The summed E-state index contributed by atoms with van der Waals surface area (Å²) in [5.41, 5.74) is 4.94. The van der Waals surface area contributed by atoms with Gasteiger partial charge in [-0.05, 0) is 57.2 Å². The van der Waals surface area contributed by atoms with Crippen molar-refractivity contribution >= 4 is 17.6 Å². The second-order valence-corrected chi connectivity index (χ2v) is 8.95. The lowest BCUT2D eigenvalue weighted by Gasteiger charge is -2.32. The van der Waals surface area contributed by atoms with E-state index in [0.29, 0.717) is 31.5 Å². The third-order valence-corrected chi connectivity index (χ3v) is 6.37. The van der Waals surface area contributed by atoms with Crippen LogP contribution in [0, 0.1) is 27.7 Å². The number of ketones is 1. The van der Waals surface area contributed by atoms with Crippen LogP contribution in [0.25, 0.3) is 0 Å². The van der Waals surface area contributed by atoms with Crippen LogP contribution in [0.2, 0.25) is 0 Å². The van der Waals surface area contributed by atoms with Crippen LogP contribution in [-0.4, -0.2) is 48.2 Å². The third-order valence-electron chi connectivity index (χ3n) is 6.37. The lowest BCUT2D eigenvalue weighted by atomic mass is 10.0. The Morgan fingerprint density at radius 3 is 2.21 bits per heavy atom. The predicted molar refractivity (Wildman–Crippen MR) is 129 cm³/mol. The Balaban J connectivity index is 1.39. The molecule has 1 fully saturated rings. The highest BCUT2D eigenvalue weighted by Gasteiger charge is 2.24. The van der Waals surface area contributed by atoms with Gasteiger partial charge in [0, 0.05) is 37.5 Å². The number of hydrogen-bond acceptors (Lipinski definition) is 4. The van der Waals surface area contributed by atoms with E-state index >= 15 is 0 Å². The number of amides is 2. The lowest BCUT2D eigenvalue weighted by molar-refractivity contribution is -0.132. The van der Waals surface area contributed by atoms with Gasteiger partial charge >= 0.3 is 0 Å². The summed E-state index contributed by atoms with van der Waals surface area (Å²) in [6, 6.07) is 11.5. The summed E-state index contributed by atoms with van der Waals surface area (Å²) < 4.78 is 5.80.